The molecule has 2 saturated heterocycles. The molecule has 4 aliphatic heterocycles. The molecule has 4 aliphatic rings. The number of aromatic nitrogens is 4. The van der Waals surface area contributed by atoms with E-state index in [1.165, 1.54) is 24.5 Å². The highest BCUT2D eigenvalue weighted by Gasteiger charge is 2.59. The smallest absolute Gasteiger partial charge is 0.417 e. The van der Waals surface area contributed by atoms with Crippen molar-refractivity contribution in [3.63, 3.8) is 0 Å². The second kappa shape index (κ2) is 15.8. The normalized spacial score (nSPS) is 16.5. The van der Waals surface area contributed by atoms with Crippen molar-refractivity contribution in [1.82, 2.24) is 25.3 Å². The third-order valence-corrected chi connectivity index (χ3v) is 17.9. The highest BCUT2D eigenvalue weighted by atomic mass is 28.3. The number of nitrogens with one attached hydrogen (secondary N) is 2. The Morgan fingerprint density at radius 2 is 1.47 bits per heavy atom. The summed E-state index contributed by atoms with van der Waals surface area (Å²) in [6, 6.07) is 30.0. The Bertz CT molecular complexity index is 3480. The van der Waals surface area contributed by atoms with Crippen molar-refractivity contribution < 1.29 is 31.9 Å². The summed E-state index contributed by atoms with van der Waals surface area (Å²) in [6.45, 7) is 8.70. The first-order valence-corrected chi connectivity index (χ1v) is 26.1. The molecule has 12 rings (SSSR count). The van der Waals surface area contributed by atoms with Gasteiger partial charge in [0.25, 0.3) is 11.8 Å². The predicted octanol–water partition coefficient (Wildman–Crippen LogP) is 7.08. The van der Waals surface area contributed by atoms with E-state index >= 15 is 4.79 Å². The molecule has 5 aromatic carbocycles. The van der Waals surface area contributed by atoms with Crippen LogP contribution in [0.1, 0.15) is 66.9 Å². The number of fused-ring (bicyclic) bond motifs is 8. The topological polar surface area (TPSA) is 176 Å². The Hall–Kier alpha value is -7.99. The summed E-state index contributed by atoms with van der Waals surface area (Å²) in [5.41, 5.74) is 9.69. The Balaban J connectivity index is 0.960. The van der Waals surface area contributed by atoms with Gasteiger partial charge in [-0.1, -0.05) is 49.5 Å². The standard InChI is InChI=1S/C52H44F3N9O5Si/c1-70(2)42-23-32(62-17-3-18-62)11-15-37(42)51(38-16-12-33(24-43(38)70)63-19-4-20-63)39-21-31(9-13-36(39)49(67)64(51)34-10-14-35-40(52(53,54)55)25-44(65)69-41(35)22-34)47(66)57-26-29-5-7-30(8-6-29)27-68-48-45-46(59-28-58-45)60-50(56)61-48/h5-16,21-25,28H,3-4,17-20,26-27H2,1-2H3,(H,57,66)(H3,56,58,59,60,61). The predicted molar refractivity (Wildman–Crippen MR) is 262 cm³/mol. The van der Waals surface area contributed by atoms with E-state index in [0.29, 0.717) is 33.9 Å². The maximum Gasteiger partial charge on any atom is 0.417 e. The molecular formula is C52H44F3N9O5Si. The highest BCUT2D eigenvalue weighted by Crippen LogP contribution is 2.54. The number of aromatic amines is 1. The quantitative estimate of drug-likeness (QED) is 0.0997. The van der Waals surface area contributed by atoms with Crippen molar-refractivity contribution >= 4 is 75.4 Å². The lowest BCUT2D eigenvalue weighted by Crippen LogP contribution is -2.66. The third kappa shape index (κ3) is 6.74. The van der Waals surface area contributed by atoms with Crippen LogP contribution in [-0.2, 0) is 24.9 Å². The SMILES string of the molecule is C[Si]1(C)c2cc(N3CCC3)ccc2C2(c3cc(C(=O)NCc4ccc(COc5nc(N)nc6nc[nH]c56)cc4)ccc3C(=O)N2c2ccc3c(C(F)(F)F)cc(=O)oc3c2)c2ccc(N3CCC3)cc21. The Morgan fingerprint density at radius 3 is 2.11 bits per heavy atom. The molecule has 0 aliphatic carbocycles. The summed E-state index contributed by atoms with van der Waals surface area (Å²) in [5.74, 6) is -0.475. The molecule has 4 N–H and O–H groups in total. The zero-order chi connectivity index (χ0) is 48.3. The van der Waals surface area contributed by atoms with Crippen LogP contribution in [0.4, 0.5) is 36.2 Å². The summed E-state index contributed by atoms with van der Waals surface area (Å²) < 4.78 is 54.5. The first-order chi connectivity index (χ1) is 33.7. The number of nitrogens with zero attached hydrogens (tertiary/aromatic N) is 6. The number of benzene rings is 5. The van der Waals surface area contributed by atoms with Crippen molar-refractivity contribution in [1.29, 1.82) is 0 Å². The number of H-pyrrole nitrogens is 1. The number of hydrogen-bond acceptors (Lipinski definition) is 11. The maximum absolute atomic E-state index is 15.5. The number of carbonyl (C=O) groups is 2. The number of imidazole rings is 1. The molecule has 2 amide bonds. The van der Waals surface area contributed by atoms with Crippen molar-refractivity contribution in [2.75, 3.05) is 46.6 Å². The van der Waals surface area contributed by atoms with Crippen LogP contribution >= 0.6 is 0 Å². The second-order valence-electron chi connectivity index (χ2n) is 18.8. The first kappa shape index (κ1) is 43.3. The van der Waals surface area contributed by atoms with E-state index in [4.69, 9.17) is 14.9 Å². The van der Waals surface area contributed by atoms with Crippen LogP contribution in [0.3, 0.4) is 0 Å². The molecular weight excluding hydrogens is 916 g/mol. The number of hydrogen-bond donors (Lipinski definition) is 3. The molecule has 1 spiro atoms. The first-order valence-electron chi connectivity index (χ1n) is 23.1. The van der Waals surface area contributed by atoms with Crippen LogP contribution in [0, 0.1) is 0 Å². The fourth-order valence-electron chi connectivity index (χ4n) is 10.6. The average molecular weight is 960 g/mol. The third-order valence-electron chi connectivity index (χ3n) is 14.4. The summed E-state index contributed by atoms with van der Waals surface area (Å²) >= 11 is 0. The van der Waals surface area contributed by atoms with E-state index < -0.39 is 36.9 Å². The number of amides is 2. The molecule has 0 saturated carbocycles. The maximum atomic E-state index is 15.5. The molecule has 8 aromatic rings. The van der Waals surface area contributed by atoms with E-state index in [1.807, 2.05) is 24.3 Å². The lowest BCUT2D eigenvalue weighted by Gasteiger charge is -2.50. The van der Waals surface area contributed by atoms with E-state index in [0.717, 1.165) is 83.0 Å². The molecule has 70 heavy (non-hydrogen) atoms. The van der Waals surface area contributed by atoms with Gasteiger partial charge in [0.1, 0.15) is 31.3 Å². The summed E-state index contributed by atoms with van der Waals surface area (Å²) in [4.78, 5) is 64.2. The van der Waals surface area contributed by atoms with Gasteiger partial charge in [-0.2, -0.15) is 23.1 Å². The molecule has 0 unspecified atom stereocenters. The van der Waals surface area contributed by atoms with Gasteiger partial charge in [-0.25, -0.2) is 9.78 Å². The number of carbonyl (C=O) groups excluding carboxylic acids is 2. The molecule has 0 bridgehead atoms. The zero-order valence-electron chi connectivity index (χ0n) is 38.0. The van der Waals surface area contributed by atoms with Crippen LogP contribution < -0.4 is 46.5 Å². The minimum absolute atomic E-state index is 0.0431. The summed E-state index contributed by atoms with van der Waals surface area (Å²) in [6.07, 6.45) is -1.19. The van der Waals surface area contributed by atoms with Crippen molar-refractivity contribution in [3.05, 3.63) is 164 Å². The molecule has 2 fully saturated rings. The van der Waals surface area contributed by atoms with E-state index in [-0.39, 0.29) is 47.5 Å². The van der Waals surface area contributed by atoms with Gasteiger partial charge < -0.3 is 35.0 Å². The fraction of sp³-hybridized carbons (Fsp3) is 0.231. The van der Waals surface area contributed by atoms with Gasteiger partial charge >= 0.3 is 11.8 Å². The van der Waals surface area contributed by atoms with Gasteiger partial charge in [-0.3, -0.25) is 14.5 Å². The largest absolute Gasteiger partial charge is 0.471 e. The number of nitrogens with two attached hydrogens (primary N) is 1. The Labute approximate surface area is 398 Å². The van der Waals surface area contributed by atoms with E-state index in [1.54, 1.807) is 23.1 Å². The molecule has 3 aromatic heterocycles. The van der Waals surface area contributed by atoms with E-state index in [9.17, 15) is 22.8 Å². The summed E-state index contributed by atoms with van der Waals surface area (Å²) in [7, 11) is -2.61. The molecule has 14 nitrogen and oxygen atoms in total. The van der Waals surface area contributed by atoms with Crippen LogP contribution in [-0.4, -0.2) is 66.0 Å². The molecule has 0 radical (unpaired) electrons. The fourth-order valence-corrected chi connectivity index (χ4v) is 13.8. The molecule has 18 heteroatoms. The Morgan fingerprint density at radius 1 is 0.814 bits per heavy atom. The summed E-state index contributed by atoms with van der Waals surface area (Å²) in [5, 5.41) is 4.95. The number of anilines is 4. The molecule has 352 valence electrons. The van der Waals surface area contributed by atoms with Crippen LogP contribution in [0.5, 0.6) is 5.88 Å². The van der Waals surface area contributed by atoms with Gasteiger partial charge in [-0.15, -0.1) is 0 Å². The van der Waals surface area contributed by atoms with Crippen LogP contribution in [0.2, 0.25) is 13.1 Å². The number of alkyl halides is 3. The number of ether oxygens (including phenoxy) is 1. The van der Waals surface area contributed by atoms with Gasteiger partial charge in [0.05, 0.1) is 11.9 Å². The number of halogens is 3. The van der Waals surface area contributed by atoms with E-state index in [2.05, 4.69) is 84.5 Å². The number of nitrogen functional groups attached to an aromatic ring is 1. The monoisotopic (exact) mass is 959 g/mol. The van der Waals surface area contributed by atoms with Crippen LogP contribution in [0.15, 0.2) is 119 Å². The molecule has 7 heterocycles. The van der Waals surface area contributed by atoms with Crippen molar-refractivity contribution in [2.45, 2.75) is 50.8 Å². The average Bonchev–Trinajstić information content (AvgIpc) is 3.88. The zero-order valence-corrected chi connectivity index (χ0v) is 39.0. The second-order valence-corrected chi connectivity index (χ2v) is 23.1. The van der Waals surface area contributed by atoms with Gasteiger partial charge in [0, 0.05) is 84.0 Å². The Kier molecular flexibility index (Phi) is 9.76. The minimum atomic E-state index is -4.84. The van der Waals surface area contributed by atoms with Gasteiger partial charge in [0.2, 0.25) is 11.8 Å². The molecule has 0 atom stereocenters. The van der Waals surface area contributed by atoms with Crippen molar-refractivity contribution in [2.24, 2.45) is 0 Å². The lowest BCUT2D eigenvalue weighted by molar-refractivity contribution is -0.136. The number of rotatable bonds is 9. The van der Waals surface area contributed by atoms with Gasteiger partial charge in [0.15, 0.2) is 5.65 Å². The van der Waals surface area contributed by atoms with Gasteiger partial charge in [-0.05, 0) is 100 Å². The van der Waals surface area contributed by atoms with Crippen molar-refractivity contribution in [3.8, 4) is 5.88 Å². The highest BCUT2D eigenvalue weighted by molar-refractivity contribution is 7.01. The van der Waals surface area contributed by atoms with Crippen LogP contribution in [0.25, 0.3) is 22.1 Å². The lowest BCUT2D eigenvalue weighted by atomic mass is 9.75. The minimum Gasteiger partial charge on any atom is -0.471 e.